The molecule has 0 saturated heterocycles. The standard InChI is InChI=1S/C25H23N3O2S/c29-23(15-21-19-8-3-4-9-20(19)25(30)28-27-21)26-24(22-10-5-13-31-22)18-12-11-16-6-1-2-7-17(16)14-18/h3-5,8-14,24H,1-2,6-7,15H2,(H,26,29)(H,28,30)/t24-/m1/s1. The number of aryl methyl sites for hydroxylation is 2. The van der Waals surface area contributed by atoms with Gasteiger partial charge in [0.2, 0.25) is 5.91 Å². The molecule has 0 bridgehead atoms. The predicted octanol–water partition coefficient (Wildman–Crippen LogP) is 4.31. The molecule has 0 radical (unpaired) electrons. The highest BCUT2D eigenvalue weighted by Crippen LogP contribution is 2.30. The number of hydrogen-bond donors (Lipinski definition) is 2. The fourth-order valence-electron chi connectivity index (χ4n) is 4.38. The van der Waals surface area contributed by atoms with E-state index in [-0.39, 0.29) is 23.9 Å². The number of carbonyl (C=O) groups is 1. The first kappa shape index (κ1) is 19.7. The summed E-state index contributed by atoms with van der Waals surface area (Å²) in [6.45, 7) is 0. The fraction of sp³-hybridized carbons (Fsp3) is 0.240. The lowest BCUT2D eigenvalue weighted by Gasteiger charge is -2.22. The molecule has 31 heavy (non-hydrogen) atoms. The van der Waals surface area contributed by atoms with Gasteiger partial charge in [0.05, 0.1) is 23.5 Å². The van der Waals surface area contributed by atoms with E-state index >= 15 is 0 Å². The lowest BCUT2D eigenvalue weighted by molar-refractivity contribution is -0.121. The number of hydrogen-bond acceptors (Lipinski definition) is 4. The molecule has 0 fully saturated rings. The molecule has 5 nitrogen and oxygen atoms in total. The number of amides is 1. The van der Waals surface area contributed by atoms with Crippen LogP contribution in [0.2, 0.25) is 0 Å². The summed E-state index contributed by atoms with van der Waals surface area (Å²) in [6.07, 6.45) is 4.80. The summed E-state index contributed by atoms with van der Waals surface area (Å²) in [4.78, 5) is 26.2. The lowest BCUT2D eigenvalue weighted by atomic mass is 9.89. The van der Waals surface area contributed by atoms with Crippen LogP contribution in [0.4, 0.5) is 0 Å². The van der Waals surface area contributed by atoms with Gasteiger partial charge in [-0.25, -0.2) is 5.10 Å². The molecule has 4 aromatic rings. The molecule has 2 aromatic carbocycles. The van der Waals surface area contributed by atoms with Gasteiger partial charge in [-0.05, 0) is 59.9 Å². The number of aromatic nitrogens is 2. The average molecular weight is 430 g/mol. The Morgan fingerprint density at radius 1 is 1.03 bits per heavy atom. The SMILES string of the molecule is O=C(Cc1n[nH]c(=O)c2ccccc12)N[C@H](c1ccc2c(c1)CCCC2)c1cccs1. The number of thiophene rings is 1. The minimum absolute atomic E-state index is 0.101. The highest BCUT2D eigenvalue weighted by atomic mass is 32.1. The second kappa shape index (κ2) is 8.47. The van der Waals surface area contributed by atoms with E-state index in [9.17, 15) is 9.59 Å². The Hall–Kier alpha value is -3.25. The normalized spacial score (nSPS) is 14.2. The summed E-state index contributed by atoms with van der Waals surface area (Å²) in [5.41, 5.74) is 4.26. The first-order valence-electron chi connectivity index (χ1n) is 10.6. The fourth-order valence-corrected chi connectivity index (χ4v) is 5.18. The van der Waals surface area contributed by atoms with Crippen molar-refractivity contribution >= 4 is 28.0 Å². The van der Waals surface area contributed by atoms with Crippen LogP contribution in [0.1, 0.15) is 46.1 Å². The number of nitrogens with zero attached hydrogens (tertiary/aromatic N) is 1. The van der Waals surface area contributed by atoms with Crippen molar-refractivity contribution in [1.29, 1.82) is 0 Å². The van der Waals surface area contributed by atoms with Crippen molar-refractivity contribution in [3.8, 4) is 0 Å². The van der Waals surface area contributed by atoms with Crippen molar-refractivity contribution in [3.05, 3.63) is 97.6 Å². The van der Waals surface area contributed by atoms with Crippen molar-refractivity contribution in [2.24, 2.45) is 0 Å². The Balaban J connectivity index is 1.44. The molecule has 0 spiro atoms. The maximum Gasteiger partial charge on any atom is 0.272 e. The Bertz CT molecular complexity index is 1290. The van der Waals surface area contributed by atoms with Crippen LogP contribution in [0.5, 0.6) is 0 Å². The number of fused-ring (bicyclic) bond motifs is 2. The number of aromatic amines is 1. The molecule has 2 N–H and O–H groups in total. The van der Waals surface area contributed by atoms with Gasteiger partial charge in [0.25, 0.3) is 5.56 Å². The highest BCUT2D eigenvalue weighted by molar-refractivity contribution is 7.10. The maximum absolute atomic E-state index is 13.1. The van der Waals surface area contributed by atoms with Crippen LogP contribution in [0.25, 0.3) is 10.8 Å². The third kappa shape index (κ3) is 4.03. The Morgan fingerprint density at radius 2 is 1.84 bits per heavy atom. The summed E-state index contributed by atoms with van der Waals surface area (Å²) in [7, 11) is 0. The van der Waals surface area contributed by atoms with E-state index in [4.69, 9.17) is 0 Å². The first-order chi connectivity index (χ1) is 15.2. The third-order valence-corrected chi connectivity index (χ3v) is 6.88. The van der Waals surface area contributed by atoms with Crippen LogP contribution in [0, 0.1) is 0 Å². The second-order valence-corrected chi connectivity index (χ2v) is 8.95. The second-order valence-electron chi connectivity index (χ2n) is 7.97. The molecule has 1 aliphatic carbocycles. The molecule has 2 heterocycles. The summed E-state index contributed by atoms with van der Waals surface area (Å²) < 4.78 is 0. The minimum Gasteiger partial charge on any atom is -0.344 e. The van der Waals surface area contributed by atoms with Crippen LogP contribution in [0.15, 0.2) is 64.8 Å². The van der Waals surface area contributed by atoms with Crippen LogP contribution in [0.3, 0.4) is 0 Å². The molecule has 156 valence electrons. The zero-order chi connectivity index (χ0) is 21.2. The molecule has 6 heteroatoms. The minimum atomic E-state index is -0.245. The van der Waals surface area contributed by atoms with Gasteiger partial charge in [-0.15, -0.1) is 11.3 Å². The monoisotopic (exact) mass is 429 g/mol. The number of benzene rings is 2. The molecular formula is C25H23N3O2S. The van der Waals surface area contributed by atoms with E-state index in [1.54, 1.807) is 17.4 Å². The maximum atomic E-state index is 13.1. The average Bonchev–Trinajstić information content (AvgIpc) is 3.34. The molecule has 0 saturated carbocycles. The number of H-pyrrole nitrogens is 1. The van der Waals surface area contributed by atoms with E-state index in [0.717, 1.165) is 23.3 Å². The number of carbonyl (C=O) groups excluding carboxylic acids is 1. The molecule has 0 unspecified atom stereocenters. The predicted molar refractivity (Wildman–Crippen MR) is 123 cm³/mol. The molecule has 1 aliphatic rings. The molecule has 0 aliphatic heterocycles. The smallest absolute Gasteiger partial charge is 0.272 e. The zero-order valence-corrected chi connectivity index (χ0v) is 17.9. The van der Waals surface area contributed by atoms with Crippen molar-refractivity contribution in [2.75, 3.05) is 0 Å². The van der Waals surface area contributed by atoms with Gasteiger partial charge in [0.15, 0.2) is 0 Å². The molecule has 1 amide bonds. The molecule has 5 rings (SSSR count). The van der Waals surface area contributed by atoms with Crippen molar-refractivity contribution in [3.63, 3.8) is 0 Å². The van der Waals surface area contributed by atoms with Crippen molar-refractivity contribution in [2.45, 2.75) is 38.1 Å². The molecular weight excluding hydrogens is 406 g/mol. The van der Waals surface area contributed by atoms with Crippen LogP contribution in [-0.2, 0) is 24.1 Å². The van der Waals surface area contributed by atoms with E-state index < -0.39 is 0 Å². The Kier molecular flexibility index (Phi) is 5.38. The highest BCUT2D eigenvalue weighted by Gasteiger charge is 2.21. The van der Waals surface area contributed by atoms with Crippen LogP contribution >= 0.6 is 11.3 Å². The van der Waals surface area contributed by atoms with Gasteiger partial charge in [-0.3, -0.25) is 9.59 Å². The largest absolute Gasteiger partial charge is 0.344 e. The van der Waals surface area contributed by atoms with Crippen LogP contribution < -0.4 is 10.9 Å². The van der Waals surface area contributed by atoms with Gasteiger partial charge in [0.1, 0.15) is 0 Å². The third-order valence-electron chi connectivity index (χ3n) is 5.94. The number of rotatable bonds is 5. The number of nitrogens with one attached hydrogen (secondary N) is 2. The summed E-state index contributed by atoms with van der Waals surface area (Å²) in [6, 6.07) is 17.7. The van der Waals surface area contributed by atoms with E-state index in [1.165, 1.54) is 24.0 Å². The van der Waals surface area contributed by atoms with E-state index in [0.29, 0.717) is 16.5 Å². The quantitative estimate of drug-likeness (QED) is 0.496. The Morgan fingerprint density at radius 3 is 2.65 bits per heavy atom. The topological polar surface area (TPSA) is 74.8 Å². The molecule has 2 aromatic heterocycles. The first-order valence-corrected chi connectivity index (χ1v) is 11.5. The zero-order valence-electron chi connectivity index (χ0n) is 17.1. The summed E-state index contributed by atoms with van der Waals surface area (Å²) in [5, 5.41) is 13.2. The van der Waals surface area contributed by atoms with Gasteiger partial charge in [-0.1, -0.05) is 42.5 Å². The van der Waals surface area contributed by atoms with E-state index in [1.807, 2.05) is 29.6 Å². The molecule has 1 atom stereocenters. The van der Waals surface area contributed by atoms with E-state index in [2.05, 4.69) is 39.8 Å². The Labute approximate surface area is 184 Å². The van der Waals surface area contributed by atoms with Crippen LogP contribution in [-0.4, -0.2) is 16.1 Å². The summed E-state index contributed by atoms with van der Waals surface area (Å²) >= 11 is 1.64. The van der Waals surface area contributed by atoms with Crippen molar-refractivity contribution in [1.82, 2.24) is 15.5 Å². The van der Waals surface area contributed by atoms with Gasteiger partial charge >= 0.3 is 0 Å². The van der Waals surface area contributed by atoms with Crippen molar-refractivity contribution < 1.29 is 4.79 Å². The van der Waals surface area contributed by atoms with Gasteiger partial charge in [0, 0.05) is 10.3 Å². The summed E-state index contributed by atoms with van der Waals surface area (Å²) in [5.74, 6) is -0.124. The van der Waals surface area contributed by atoms with Gasteiger partial charge in [-0.2, -0.15) is 5.10 Å². The lowest BCUT2D eigenvalue weighted by Crippen LogP contribution is -2.31. The van der Waals surface area contributed by atoms with Gasteiger partial charge < -0.3 is 5.32 Å².